The third kappa shape index (κ3) is 5.62. The minimum Gasteiger partial charge on any atom is -0.455 e. The van der Waals surface area contributed by atoms with Crippen molar-refractivity contribution in [2.24, 2.45) is 0 Å². The normalized spacial score (nSPS) is 20.4. The van der Waals surface area contributed by atoms with E-state index in [4.69, 9.17) is 33.2 Å². The van der Waals surface area contributed by atoms with E-state index in [-0.39, 0.29) is 0 Å². The summed E-state index contributed by atoms with van der Waals surface area (Å²) in [4.78, 5) is 0.291. The first-order chi connectivity index (χ1) is 41.4. The number of furan rings is 1. The molecule has 0 aliphatic rings. The van der Waals surface area contributed by atoms with E-state index >= 15 is 0 Å². The Kier molecular flexibility index (Phi) is 2.97. The topological polar surface area (TPSA) is 16.4 Å². The molecule has 0 fully saturated rings. The number of benzene rings is 9. The quantitative estimate of drug-likeness (QED) is 0.163. The van der Waals surface area contributed by atoms with Crippen molar-refractivity contribution in [3.05, 3.63) is 211 Å². The summed E-state index contributed by atoms with van der Waals surface area (Å²) in [7, 11) is 0. The molecule has 2 nitrogen and oxygen atoms in total. The molecule has 2 heteroatoms. The fraction of sp³-hybridized carbons (Fsp3) is 0. The van der Waals surface area contributed by atoms with Crippen LogP contribution in [0, 0.1) is 0 Å². The number of para-hydroxylation sites is 1. The standard InChI is InChI=1S/C52H35NO/c1-3-14-36(15-4-1)38-28-30-43(31-29-38)53(44-23-12-22-42(35-44)41-21-11-20-40(34-41)37-16-5-2-6-17-37)49-33-32-47(46-26-13-19-39-18-7-8-24-45(39)46)52-51(49)48-25-9-10-27-50(48)54-52/h1-35H/i1D,2D,3D,4D,5D,6D,7D,8D,9D,10D,11D,12D,13D,14D,15D,16D,17D,18D,19D,20D,21D,22D,23D,24D,25D,26D,27D,28D,29D,30D,31D,32D,33D,34D,35D. The molecule has 0 atom stereocenters. The molecule has 54 heavy (non-hydrogen) atoms. The number of nitrogens with zero attached hydrogens (tertiary/aromatic N) is 1. The lowest BCUT2D eigenvalue weighted by Gasteiger charge is -2.27. The van der Waals surface area contributed by atoms with Crippen LogP contribution in [0.25, 0.3) is 77.2 Å². The number of rotatable bonds is 7. The molecule has 0 aliphatic heterocycles. The third-order valence-corrected chi connectivity index (χ3v) is 7.94. The number of anilines is 3. The van der Waals surface area contributed by atoms with Gasteiger partial charge in [-0.05, 0) is 98.1 Å². The minimum atomic E-state index is -1.41. The Morgan fingerprint density at radius 3 is 1.70 bits per heavy atom. The van der Waals surface area contributed by atoms with E-state index in [9.17, 15) is 19.2 Å². The monoisotopic (exact) mass is 724 g/mol. The van der Waals surface area contributed by atoms with Gasteiger partial charge in [0.2, 0.25) is 0 Å². The van der Waals surface area contributed by atoms with E-state index in [1.807, 2.05) is 0 Å². The van der Waals surface area contributed by atoms with Gasteiger partial charge in [0.25, 0.3) is 0 Å². The molecular formula is C52H35NO. The van der Waals surface area contributed by atoms with Crippen molar-refractivity contribution in [2.75, 3.05) is 4.90 Å². The first-order valence-corrected chi connectivity index (χ1v) is 15.6. The molecule has 254 valence electrons. The Morgan fingerprint density at radius 2 is 0.926 bits per heavy atom. The SMILES string of the molecule is [2H]c1c([2H])c([2H])c(-c2c([2H])c([2H])c(N(c3c([2H])c([2H])c([2H])c(-c4c([2H])c([2H])c([2H])c(-c5c([2H])c([2H])c([2H])c([2H])c5[2H])c4[2H])c3[2H])c3c([2H])c([2H])c(-c4c([2H])c([2H])c([2H])c5c([2H])c([2H])c([2H])c([2H])c45)c4oc5c([2H])c([2H])c([2H])c([2H])c5c34)c([2H])c2[2H])c([2H])c1[2H]. The Bertz CT molecular complexity index is 4880. The van der Waals surface area contributed by atoms with Crippen molar-refractivity contribution in [2.45, 2.75) is 0 Å². The first kappa shape index (κ1) is 11.9. The fourth-order valence-electron chi connectivity index (χ4n) is 5.60. The van der Waals surface area contributed by atoms with Crippen LogP contribution in [-0.4, -0.2) is 0 Å². The van der Waals surface area contributed by atoms with E-state index < -0.39 is 306 Å². The van der Waals surface area contributed by atoms with Gasteiger partial charge in [-0.3, -0.25) is 0 Å². The molecule has 0 amide bonds. The Hall–Kier alpha value is -7.16. The van der Waals surface area contributed by atoms with Gasteiger partial charge >= 0.3 is 0 Å². The van der Waals surface area contributed by atoms with Gasteiger partial charge in [-0.15, -0.1) is 0 Å². The molecule has 0 N–H and O–H groups in total. The highest BCUT2D eigenvalue weighted by Crippen LogP contribution is 2.47. The molecule has 0 radical (unpaired) electrons. The second kappa shape index (κ2) is 13.4. The van der Waals surface area contributed by atoms with Crippen LogP contribution in [0.15, 0.2) is 216 Å². The van der Waals surface area contributed by atoms with E-state index in [0.29, 0.717) is 4.90 Å². The average molecular weight is 725 g/mol. The molecule has 10 rings (SSSR count). The molecule has 9 aromatic carbocycles. The van der Waals surface area contributed by atoms with Gasteiger partial charge in [0.1, 0.15) is 11.2 Å². The van der Waals surface area contributed by atoms with Crippen molar-refractivity contribution < 1.29 is 52.4 Å². The largest absolute Gasteiger partial charge is 0.455 e. The van der Waals surface area contributed by atoms with Crippen molar-refractivity contribution in [1.29, 1.82) is 0 Å². The van der Waals surface area contributed by atoms with Crippen LogP contribution >= 0.6 is 0 Å². The second-order valence-corrected chi connectivity index (χ2v) is 11.0. The van der Waals surface area contributed by atoms with Crippen molar-refractivity contribution in [1.82, 2.24) is 0 Å². The van der Waals surface area contributed by atoms with Crippen LogP contribution in [0.2, 0.25) is 0 Å². The average Bonchev–Trinajstić information content (AvgIpc) is 1.70. The van der Waals surface area contributed by atoms with E-state index in [2.05, 4.69) is 0 Å². The third-order valence-electron chi connectivity index (χ3n) is 7.94. The van der Waals surface area contributed by atoms with Gasteiger partial charge in [-0.1, -0.05) is 163 Å². The molecule has 0 bridgehead atoms. The summed E-state index contributed by atoms with van der Waals surface area (Å²) in [6.07, 6.45) is 0. The zero-order chi connectivity index (χ0) is 66.3. The number of fused-ring (bicyclic) bond motifs is 4. The van der Waals surface area contributed by atoms with Gasteiger partial charge in [0, 0.05) is 22.3 Å². The highest BCUT2D eigenvalue weighted by Gasteiger charge is 2.23. The molecule has 0 saturated heterocycles. The summed E-state index contributed by atoms with van der Waals surface area (Å²) in [5, 5.41) is -3.21. The maximum atomic E-state index is 10.1. The molecule has 1 aromatic heterocycles. The van der Waals surface area contributed by atoms with Crippen molar-refractivity contribution in [3.63, 3.8) is 0 Å². The molecular weight excluding hydrogens is 655 g/mol. The summed E-state index contributed by atoms with van der Waals surface area (Å²) in [5.74, 6) is 0. The van der Waals surface area contributed by atoms with E-state index in [0.717, 1.165) is 0 Å². The van der Waals surface area contributed by atoms with Gasteiger partial charge in [0.15, 0.2) is 0 Å². The Labute approximate surface area is 364 Å². The second-order valence-electron chi connectivity index (χ2n) is 11.0. The smallest absolute Gasteiger partial charge is 0.145 e. The summed E-state index contributed by atoms with van der Waals surface area (Å²) in [6.45, 7) is 0. The fourth-order valence-corrected chi connectivity index (χ4v) is 5.60. The molecule has 1 heterocycles. The lowest BCUT2D eigenvalue weighted by atomic mass is 9.95. The van der Waals surface area contributed by atoms with E-state index in [1.54, 1.807) is 0 Å². The van der Waals surface area contributed by atoms with Crippen molar-refractivity contribution in [3.8, 4) is 44.5 Å². The van der Waals surface area contributed by atoms with Crippen LogP contribution in [0.3, 0.4) is 0 Å². The Morgan fingerprint density at radius 1 is 0.370 bits per heavy atom. The summed E-state index contributed by atoms with van der Waals surface area (Å²) >= 11 is 0. The summed E-state index contributed by atoms with van der Waals surface area (Å²) in [6, 6.07) is -39.1. The van der Waals surface area contributed by atoms with Crippen LogP contribution in [0.4, 0.5) is 17.1 Å². The maximum absolute atomic E-state index is 10.1. The van der Waals surface area contributed by atoms with Crippen LogP contribution in [0.5, 0.6) is 0 Å². The highest BCUT2D eigenvalue weighted by molar-refractivity contribution is 6.18. The maximum Gasteiger partial charge on any atom is 0.145 e. The van der Waals surface area contributed by atoms with Gasteiger partial charge in [-0.2, -0.15) is 0 Å². The molecule has 0 aliphatic carbocycles. The highest BCUT2D eigenvalue weighted by atomic mass is 16.3. The summed E-state index contributed by atoms with van der Waals surface area (Å²) in [5.41, 5.74) is -13.4. The van der Waals surface area contributed by atoms with E-state index in [1.165, 1.54) is 0 Å². The van der Waals surface area contributed by atoms with Crippen LogP contribution in [0.1, 0.15) is 48.0 Å². The van der Waals surface area contributed by atoms with Crippen molar-refractivity contribution >= 4 is 49.8 Å². The molecule has 0 unspecified atom stereocenters. The van der Waals surface area contributed by atoms with Gasteiger partial charge in [-0.25, -0.2) is 0 Å². The summed E-state index contributed by atoms with van der Waals surface area (Å²) < 4.78 is 323. The van der Waals surface area contributed by atoms with Gasteiger partial charge < -0.3 is 9.32 Å². The van der Waals surface area contributed by atoms with Crippen LogP contribution in [-0.2, 0) is 0 Å². The Balaban J connectivity index is 1.50. The number of hydrogen-bond donors (Lipinski definition) is 0. The molecule has 10 aromatic rings. The lowest BCUT2D eigenvalue weighted by Crippen LogP contribution is -2.10. The predicted octanol–water partition coefficient (Wildman–Crippen LogP) is 14.9. The first-order valence-electron chi connectivity index (χ1n) is 33.1. The zero-order valence-corrected chi connectivity index (χ0v) is 26.9. The zero-order valence-electron chi connectivity index (χ0n) is 61.9. The van der Waals surface area contributed by atoms with Gasteiger partial charge in [0.05, 0.1) is 59.1 Å². The molecule has 0 spiro atoms. The predicted molar refractivity (Wildman–Crippen MR) is 228 cm³/mol. The number of hydrogen-bond acceptors (Lipinski definition) is 2. The molecule has 0 saturated carbocycles. The van der Waals surface area contributed by atoms with Crippen LogP contribution < -0.4 is 4.90 Å². The minimum absolute atomic E-state index is 0.291. The lowest BCUT2D eigenvalue weighted by molar-refractivity contribution is 0.670.